The quantitative estimate of drug-likeness (QED) is 0.193. The van der Waals surface area contributed by atoms with Gasteiger partial charge in [0.15, 0.2) is 5.69 Å². The smallest absolute Gasteiger partial charge is 0.339 e. The lowest BCUT2D eigenvalue weighted by molar-refractivity contribution is -0.716. The topological polar surface area (TPSA) is 88.6 Å². The Bertz CT molecular complexity index is 1120. The summed E-state index contributed by atoms with van der Waals surface area (Å²) in [7, 11) is 0. The van der Waals surface area contributed by atoms with Crippen molar-refractivity contribution < 1.29 is 22.1 Å². The fourth-order valence-corrected chi connectivity index (χ4v) is 3.18. The van der Waals surface area contributed by atoms with E-state index in [9.17, 15) is 10.1 Å². The first-order valence-corrected chi connectivity index (χ1v) is 9.15. The molecule has 0 atom stereocenters. The van der Waals surface area contributed by atoms with E-state index in [-0.39, 0.29) is 23.0 Å². The minimum atomic E-state index is -0.383. The largest absolute Gasteiger partial charge is 1.00 e. The molecule has 4 rings (SSSR count). The number of nitrogens with one attached hydrogen (secondary N) is 1. The van der Waals surface area contributed by atoms with E-state index in [1.54, 1.807) is 12.1 Å². The number of nitrogens with zero attached hydrogens (tertiary/aromatic N) is 4. The molecule has 0 saturated carbocycles. The molecule has 140 valence electrons. The lowest BCUT2D eigenvalue weighted by atomic mass is 10.0. The molecule has 0 saturated heterocycles. The average Bonchev–Trinajstić information content (AvgIpc) is 3.19. The Kier molecular flexibility index (Phi) is 6.00. The molecule has 28 heavy (non-hydrogen) atoms. The average molecular weight is 506 g/mol. The number of benzene rings is 3. The first-order chi connectivity index (χ1) is 13.1. The SMILES string of the molecule is O=[N+]([O-])c1cccc(-[n+]2nc(-c3ccccc3)n[nH]2)c1-c1ccc(I)cc1.[Cl-]. The molecule has 0 radical (unpaired) electrons. The zero-order valence-electron chi connectivity index (χ0n) is 14.3. The Labute approximate surface area is 180 Å². The van der Waals surface area contributed by atoms with Gasteiger partial charge >= 0.3 is 5.82 Å². The van der Waals surface area contributed by atoms with Crippen molar-refractivity contribution in [2.75, 3.05) is 0 Å². The van der Waals surface area contributed by atoms with Gasteiger partial charge in [0.25, 0.3) is 5.69 Å². The molecule has 7 nitrogen and oxygen atoms in total. The molecule has 1 aromatic heterocycles. The fraction of sp³-hybridized carbons (Fsp3) is 0. The van der Waals surface area contributed by atoms with Crippen LogP contribution in [0.15, 0.2) is 72.8 Å². The lowest BCUT2D eigenvalue weighted by Gasteiger charge is -2.06. The van der Waals surface area contributed by atoms with E-state index < -0.39 is 0 Å². The van der Waals surface area contributed by atoms with Gasteiger partial charge in [-0.25, -0.2) is 0 Å². The van der Waals surface area contributed by atoms with Gasteiger partial charge in [-0.1, -0.05) is 36.4 Å². The van der Waals surface area contributed by atoms with Crippen molar-refractivity contribution in [2.45, 2.75) is 0 Å². The van der Waals surface area contributed by atoms with Crippen molar-refractivity contribution in [1.82, 2.24) is 15.4 Å². The molecular formula is C19H13ClIN5O2. The monoisotopic (exact) mass is 505 g/mol. The molecule has 1 heterocycles. The first kappa shape index (κ1) is 19.9. The zero-order valence-corrected chi connectivity index (χ0v) is 17.2. The maximum absolute atomic E-state index is 11.6. The van der Waals surface area contributed by atoms with Crippen molar-refractivity contribution in [2.24, 2.45) is 0 Å². The Morgan fingerprint density at radius 3 is 2.32 bits per heavy atom. The summed E-state index contributed by atoms with van der Waals surface area (Å²) in [5.74, 6) is 0.510. The summed E-state index contributed by atoms with van der Waals surface area (Å²) in [5, 5.41) is 23.2. The van der Waals surface area contributed by atoms with E-state index in [0.29, 0.717) is 17.1 Å². The third kappa shape index (κ3) is 3.87. The van der Waals surface area contributed by atoms with Gasteiger partial charge in [-0.3, -0.25) is 10.1 Å². The van der Waals surface area contributed by atoms with E-state index in [4.69, 9.17) is 0 Å². The highest BCUT2D eigenvalue weighted by atomic mass is 127. The number of nitro groups is 1. The number of aromatic amines is 1. The zero-order chi connectivity index (χ0) is 18.8. The molecule has 0 bridgehead atoms. The molecule has 9 heteroatoms. The molecule has 1 N–H and O–H groups in total. The third-order valence-corrected chi connectivity index (χ3v) is 4.77. The van der Waals surface area contributed by atoms with Crippen molar-refractivity contribution in [1.29, 1.82) is 0 Å². The van der Waals surface area contributed by atoms with Gasteiger partial charge in [0, 0.05) is 9.64 Å². The van der Waals surface area contributed by atoms with Gasteiger partial charge in [-0.05, 0) is 73.6 Å². The van der Waals surface area contributed by atoms with Crippen molar-refractivity contribution >= 4 is 28.3 Å². The Morgan fingerprint density at radius 1 is 0.929 bits per heavy atom. The van der Waals surface area contributed by atoms with Crippen LogP contribution in [0.4, 0.5) is 5.69 Å². The summed E-state index contributed by atoms with van der Waals surface area (Å²) in [4.78, 5) is 12.7. The first-order valence-electron chi connectivity index (χ1n) is 8.07. The Balaban J connectivity index is 0.00000225. The predicted octanol–water partition coefficient (Wildman–Crippen LogP) is 0.932. The minimum absolute atomic E-state index is 0. The summed E-state index contributed by atoms with van der Waals surface area (Å²) in [6.45, 7) is 0. The van der Waals surface area contributed by atoms with E-state index in [2.05, 4.69) is 38.0 Å². The summed E-state index contributed by atoms with van der Waals surface area (Å²) < 4.78 is 1.05. The Morgan fingerprint density at radius 2 is 1.64 bits per heavy atom. The van der Waals surface area contributed by atoms with Crippen LogP contribution in [0.1, 0.15) is 0 Å². The van der Waals surface area contributed by atoms with E-state index in [1.165, 1.54) is 10.9 Å². The van der Waals surface area contributed by atoms with Crippen LogP contribution in [0, 0.1) is 13.7 Å². The van der Waals surface area contributed by atoms with E-state index in [0.717, 1.165) is 14.7 Å². The van der Waals surface area contributed by atoms with Crippen LogP contribution in [0.5, 0.6) is 0 Å². The van der Waals surface area contributed by atoms with Crippen LogP contribution >= 0.6 is 22.6 Å². The molecule has 0 unspecified atom stereocenters. The normalized spacial score (nSPS) is 10.3. The lowest BCUT2D eigenvalue weighted by Crippen LogP contribution is -3.00. The molecule has 0 amide bonds. The van der Waals surface area contributed by atoms with E-state index in [1.807, 2.05) is 54.6 Å². The summed E-state index contributed by atoms with van der Waals surface area (Å²) in [5.41, 5.74) is 2.65. The van der Waals surface area contributed by atoms with Crippen LogP contribution in [0.25, 0.3) is 28.2 Å². The highest BCUT2D eigenvalue weighted by molar-refractivity contribution is 14.1. The molecule has 0 aliphatic rings. The minimum Gasteiger partial charge on any atom is -1.00 e. The van der Waals surface area contributed by atoms with Gasteiger partial charge in [-0.2, -0.15) is 0 Å². The van der Waals surface area contributed by atoms with Crippen LogP contribution in [0.2, 0.25) is 0 Å². The molecule has 4 aromatic rings. The van der Waals surface area contributed by atoms with Crippen LogP contribution in [-0.4, -0.2) is 20.3 Å². The van der Waals surface area contributed by atoms with Crippen molar-refractivity contribution in [3.63, 3.8) is 0 Å². The third-order valence-electron chi connectivity index (χ3n) is 4.06. The second-order valence-electron chi connectivity index (χ2n) is 5.75. The summed E-state index contributed by atoms with van der Waals surface area (Å²) in [6.07, 6.45) is 0. The molecule has 0 spiro atoms. The molecule has 0 fully saturated rings. The number of H-pyrrole nitrogens is 1. The van der Waals surface area contributed by atoms with Gasteiger partial charge in [0.2, 0.25) is 0 Å². The second kappa shape index (κ2) is 8.44. The predicted molar refractivity (Wildman–Crippen MR) is 108 cm³/mol. The number of aromatic nitrogens is 4. The fourth-order valence-electron chi connectivity index (χ4n) is 2.82. The summed E-state index contributed by atoms with van der Waals surface area (Å²) >= 11 is 2.20. The highest BCUT2D eigenvalue weighted by Crippen LogP contribution is 2.33. The number of hydrogen-bond acceptors (Lipinski definition) is 4. The number of rotatable bonds is 4. The molecule has 0 aliphatic heterocycles. The Hall–Kier alpha value is -2.85. The van der Waals surface area contributed by atoms with Crippen LogP contribution in [0.3, 0.4) is 0 Å². The number of hydrogen-bond donors (Lipinski definition) is 1. The van der Waals surface area contributed by atoms with Gasteiger partial charge in [0.1, 0.15) is 5.56 Å². The van der Waals surface area contributed by atoms with Gasteiger partial charge in [-0.15, -0.1) is 0 Å². The van der Waals surface area contributed by atoms with Crippen molar-refractivity contribution in [3.8, 4) is 28.2 Å². The van der Waals surface area contributed by atoms with Gasteiger partial charge < -0.3 is 12.4 Å². The van der Waals surface area contributed by atoms with Crippen LogP contribution < -0.4 is 17.2 Å². The molecular weight excluding hydrogens is 493 g/mol. The maximum atomic E-state index is 11.6. The second-order valence-corrected chi connectivity index (χ2v) is 6.99. The van der Waals surface area contributed by atoms with Crippen LogP contribution in [-0.2, 0) is 0 Å². The number of halogens is 2. The summed E-state index contributed by atoms with van der Waals surface area (Å²) in [6, 6.07) is 22.0. The molecule has 3 aromatic carbocycles. The van der Waals surface area contributed by atoms with E-state index >= 15 is 0 Å². The van der Waals surface area contributed by atoms with Crippen molar-refractivity contribution in [3.05, 3.63) is 86.5 Å². The molecule has 0 aliphatic carbocycles. The highest BCUT2D eigenvalue weighted by Gasteiger charge is 2.25. The standard InChI is InChI=1S/C19H12IN5O2.ClH/c20-15-11-9-13(10-12-15)18-16(7-4-8-17(18)25(26)27)24-22-19(21-23-24)14-5-2-1-3-6-14;/h1-12H;1H. The number of tetrazole rings is 1. The maximum Gasteiger partial charge on any atom is 0.339 e. The number of nitro benzene ring substituents is 1. The van der Waals surface area contributed by atoms with Gasteiger partial charge in [0.05, 0.1) is 15.6 Å².